The number of anilines is 2. The Labute approximate surface area is 146 Å². The highest BCUT2D eigenvalue weighted by Gasteiger charge is 2.20. The number of hydrogen-bond acceptors (Lipinski definition) is 8. The van der Waals surface area contributed by atoms with Crippen LogP contribution in [0.25, 0.3) is 21.5 Å². The lowest BCUT2D eigenvalue weighted by atomic mass is 10.0. The normalized spacial score (nSPS) is 11.8. The van der Waals surface area contributed by atoms with Crippen molar-refractivity contribution in [3.05, 3.63) is 57.1 Å². The van der Waals surface area contributed by atoms with E-state index in [1.165, 1.54) is 23.5 Å². The molecule has 3 aromatic rings. The number of benzene rings is 2. The van der Waals surface area contributed by atoms with Gasteiger partial charge in [0.05, 0.1) is 26.5 Å². The average molecular weight is 352 g/mol. The van der Waals surface area contributed by atoms with Crippen molar-refractivity contribution in [3.63, 3.8) is 0 Å². The van der Waals surface area contributed by atoms with E-state index in [0.29, 0.717) is 5.01 Å². The first kappa shape index (κ1) is 16.2. The maximum absolute atomic E-state index is 11.1. The van der Waals surface area contributed by atoms with Crippen LogP contribution in [0.5, 0.6) is 0 Å². The van der Waals surface area contributed by atoms with Gasteiger partial charge < -0.3 is 17.2 Å². The van der Waals surface area contributed by atoms with E-state index in [1.54, 1.807) is 0 Å². The van der Waals surface area contributed by atoms with Crippen LogP contribution >= 0.6 is 11.3 Å². The predicted octanol–water partition coefficient (Wildman–Crippen LogP) is 2.72. The number of nitriles is 1. The van der Waals surface area contributed by atoms with Crippen LogP contribution in [0.15, 0.2) is 36.4 Å². The van der Waals surface area contributed by atoms with E-state index in [0.717, 1.165) is 10.2 Å². The molecule has 0 saturated heterocycles. The summed E-state index contributed by atoms with van der Waals surface area (Å²) in [5.74, 6) is 0. The highest BCUT2D eigenvalue weighted by molar-refractivity contribution is 7.19. The number of hydrogen-bond donors (Lipinski definition) is 3. The van der Waals surface area contributed by atoms with Crippen molar-refractivity contribution in [3.8, 4) is 6.07 Å². The van der Waals surface area contributed by atoms with E-state index in [4.69, 9.17) is 17.2 Å². The van der Waals surface area contributed by atoms with Crippen molar-refractivity contribution in [1.82, 2.24) is 4.98 Å². The number of nitro benzene ring substituents is 1. The molecule has 0 aliphatic rings. The van der Waals surface area contributed by atoms with Crippen LogP contribution in [0.2, 0.25) is 0 Å². The van der Waals surface area contributed by atoms with Gasteiger partial charge in [0.1, 0.15) is 22.3 Å². The van der Waals surface area contributed by atoms with E-state index >= 15 is 0 Å². The van der Waals surface area contributed by atoms with Gasteiger partial charge in [-0.2, -0.15) is 5.26 Å². The topological polar surface area (TPSA) is 158 Å². The second-order valence-corrected chi connectivity index (χ2v) is 6.17. The average Bonchev–Trinajstić information content (AvgIpc) is 3.01. The zero-order valence-corrected chi connectivity index (χ0v) is 13.6. The van der Waals surface area contributed by atoms with Crippen molar-refractivity contribution in [2.24, 2.45) is 5.73 Å². The Bertz CT molecular complexity index is 1050. The highest BCUT2D eigenvalue weighted by atomic mass is 32.1. The molecular formula is C16H12N6O2S. The molecule has 0 aliphatic carbocycles. The Balaban J connectivity index is 2.20. The van der Waals surface area contributed by atoms with Crippen LogP contribution in [0, 0.1) is 21.4 Å². The summed E-state index contributed by atoms with van der Waals surface area (Å²) in [5.41, 5.74) is 18.1. The summed E-state index contributed by atoms with van der Waals surface area (Å²) >= 11 is 1.31. The van der Waals surface area contributed by atoms with Gasteiger partial charge in [-0.3, -0.25) is 10.1 Å². The van der Waals surface area contributed by atoms with Gasteiger partial charge in [0.25, 0.3) is 5.69 Å². The van der Waals surface area contributed by atoms with Crippen LogP contribution in [0.1, 0.15) is 10.6 Å². The molecule has 3 rings (SSSR count). The van der Waals surface area contributed by atoms with E-state index in [1.807, 2.05) is 30.3 Å². The van der Waals surface area contributed by atoms with Gasteiger partial charge in [-0.05, 0) is 18.2 Å². The maximum atomic E-state index is 11.1. The van der Waals surface area contributed by atoms with Crippen LogP contribution in [-0.2, 0) is 0 Å². The van der Waals surface area contributed by atoms with E-state index in [9.17, 15) is 15.4 Å². The number of para-hydroxylation sites is 1. The summed E-state index contributed by atoms with van der Waals surface area (Å²) < 4.78 is 0.904. The molecule has 1 aromatic heterocycles. The Morgan fingerprint density at radius 2 is 2.00 bits per heavy atom. The molecule has 0 amide bonds. The molecule has 2 aromatic carbocycles. The molecule has 8 nitrogen and oxygen atoms in total. The lowest BCUT2D eigenvalue weighted by Gasteiger charge is -2.08. The van der Waals surface area contributed by atoms with Gasteiger partial charge in [-0.25, -0.2) is 4.98 Å². The number of nitrogens with two attached hydrogens (primary N) is 3. The maximum Gasteiger partial charge on any atom is 0.294 e. The fraction of sp³-hybridized carbons (Fsp3) is 0. The monoisotopic (exact) mass is 352 g/mol. The smallest absolute Gasteiger partial charge is 0.294 e. The van der Waals surface area contributed by atoms with E-state index in [2.05, 4.69) is 4.98 Å². The van der Waals surface area contributed by atoms with Gasteiger partial charge in [0.15, 0.2) is 0 Å². The van der Waals surface area contributed by atoms with Gasteiger partial charge in [-0.1, -0.05) is 12.1 Å². The van der Waals surface area contributed by atoms with Crippen molar-refractivity contribution >= 4 is 49.9 Å². The summed E-state index contributed by atoms with van der Waals surface area (Å²) in [5, 5.41) is 21.1. The summed E-state index contributed by atoms with van der Waals surface area (Å²) in [6, 6.07) is 12.0. The molecule has 0 spiro atoms. The van der Waals surface area contributed by atoms with Crippen molar-refractivity contribution in [2.45, 2.75) is 0 Å². The van der Waals surface area contributed by atoms with Crippen molar-refractivity contribution < 1.29 is 4.92 Å². The first-order valence-corrected chi connectivity index (χ1v) is 7.83. The molecule has 0 aliphatic heterocycles. The van der Waals surface area contributed by atoms with Crippen molar-refractivity contribution in [2.75, 3.05) is 11.5 Å². The third-order valence-corrected chi connectivity index (χ3v) is 4.64. The van der Waals surface area contributed by atoms with Crippen LogP contribution in [0.3, 0.4) is 0 Å². The predicted molar refractivity (Wildman–Crippen MR) is 98.2 cm³/mol. The SMILES string of the molecule is N#C/C(=C(/N)c1cc(N)c(N)c([N+](=O)[O-])c1)c1nc2ccccc2s1. The zero-order chi connectivity index (χ0) is 18.1. The second-order valence-electron chi connectivity index (χ2n) is 5.14. The molecule has 124 valence electrons. The van der Waals surface area contributed by atoms with Gasteiger partial charge in [0.2, 0.25) is 0 Å². The third-order valence-electron chi connectivity index (χ3n) is 3.59. The molecule has 0 atom stereocenters. The minimum Gasteiger partial charge on any atom is -0.397 e. The number of aromatic nitrogens is 1. The minimum absolute atomic E-state index is 0.0220. The number of nitrogen functional groups attached to an aromatic ring is 2. The number of fused-ring (bicyclic) bond motifs is 1. The summed E-state index contributed by atoms with van der Waals surface area (Å²) in [6.45, 7) is 0. The largest absolute Gasteiger partial charge is 0.397 e. The van der Waals surface area contributed by atoms with Crippen LogP contribution in [0.4, 0.5) is 17.1 Å². The Morgan fingerprint density at radius 3 is 2.64 bits per heavy atom. The third kappa shape index (κ3) is 2.82. The standard InChI is InChI=1S/C16H12N6O2S/c17-7-9(16-21-11-3-1-2-4-13(11)25-16)14(19)8-5-10(18)15(20)12(6-8)22(23)24/h1-6H,18-20H2/b14-9-. The highest BCUT2D eigenvalue weighted by Crippen LogP contribution is 2.34. The lowest BCUT2D eigenvalue weighted by molar-refractivity contribution is -0.383. The summed E-state index contributed by atoms with van der Waals surface area (Å²) in [7, 11) is 0. The fourth-order valence-electron chi connectivity index (χ4n) is 2.31. The Kier molecular flexibility index (Phi) is 3.96. The van der Waals surface area contributed by atoms with Crippen molar-refractivity contribution in [1.29, 1.82) is 5.26 Å². The Hall–Kier alpha value is -3.64. The summed E-state index contributed by atoms with van der Waals surface area (Å²) in [6.07, 6.45) is 0. The number of nitro groups is 1. The van der Waals surface area contributed by atoms with Gasteiger partial charge in [-0.15, -0.1) is 11.3 Å². The molecule has 25 heavy (non-hydrogen) atoms. The number of nitrogens with zero attached hydrogens (tertiary/aromatic N) is 3. The number of thiazole rings is 1. The second kappa shape index (κ2) is 6.10. The number of allylic oxidation sites excluding steroid dienone is 1. The first-order valence-electron chi connectivity index (χ1n) is 7.02. The molecule has 0 radical (unpaired) electrons. The van der Waals surface area contributed by atoms with E-state index in [-0.39, 0.29) is 33.9 Å². The zero-order valence-electron chi connectivity index (χ0n) is 12.8. The molecule has 0 saturated carbocycles. The molecule has 9 heteroatoms. The Morgan fingerprint density at radius 1 is 1.28 bits per heavy atom. The van der Waals surface area contributed by atoms with E-state index < -0.39 is 4.92 Å². The minimum atomic E-state index is -0.647. The van der Waals surface area contributed by atoms with Crippen LogP contribution < -0.4 is 17.2 Å². The fourth-order valence-corrected chi connectivity index (χ4v) is 3.29. The first-order chi connectivity index (χ1) is 11.9. The van der Waals surface area contributed by atoms with Crippen LogP contribution in [-0.4, -0.2) is 9.91 Å². The lowest BCUT2D eigenvalue weighted by Crippen LogP contribution is -2.06. The molecule has 6 N–H and O–H groups in total. The van der Waals surface area contributed by atoms with Gasteiger partial charge in [0, 0.05) is 11.6 Å². The molecule has 0 bridgehead atoms. The molecule has 0 unspecified atom stereocenters. The molecular weight excluding hydrogens is 340 g/mol. The summed E-state index contributed by atoms with van der Waals surface area (Å²) in [4.78, 5) is 14.9. The molecule has 0 fully saturated rings. The number of rotatable bonds is 3. The molecule has 1 heterocycles. The quantitative estimate of drug-likeness (QED) is 0.283. The van der Waals surface area contributed by atoms with Gasteiger partial charge >= 0.3 is 0 Å².